The minimum Gasteiger partial charge on any atom is -0.445 e. The van der Waals surface area contributed by atoms with Crippen LogP contribution in [0.1, 0.15) is 17.2 Å². The molecule has 3 rings (SSSR count). The Balaban J connectivity index is 1.70. The van der Waals surface area contributed by atoms with Gasteiger partial charge in [-0.1, -0.05) is 65.8 Å². The Hall–Kier alpha value is -2.95. The molecule has 1 amide bonds. The molecule has 5 heteroatoms. The fourth-order valence-electron chi connectivity index (χ4n) is 1.95. The van der Waals surface area contributed by atoms with Crippen LogP contribution >= 0.6 is 0 Å². The molecule has 1 heterocycles. The van der Waals surface area contributed by atoms with E-state index in [1.54, 1.807) is 6.21 Å². The zero-order valence-corrected chi connectivity index (χ0v) is 11.1. The van der Waals surface area contributed by atoms with Crippen molar-refractivity contribution >= 4 is 18.1 Å². The highest BCUT2D eigenvalue weighted by atomic mass is 16.5. The molecule has 5 nitrogen and oxygen atoms in total. The number of nitrogens with one attached hydrogen (secondary N) is 1. The molecule has 0 aliphatic carbocycles. The first-order valence-corrected chi connectivity index (χ1v) is 6.51. The number of benzene rings is 2. The summed E-state index contributed by atoms with van der Waals surface area (Å²) in [4.78, 5) is 11.8. The summed E-state index contributed by atoms with van der Waals surface area (Å²) >= 11 is 0. The second-order valence-electron chi connectivity index (χ2n) is 4.46. The Morgan fingerprint density at radius 1 is 1.00 bits per heavy atom. The van der Waals surface area contributed by atoms with Crippen LogP contribution in [-0.2, 0) is 9.53 Å². The van der Waals surface area contributed by atoms with Gasteiger partial charge in [0.1, 0.15) is 0 Å². The predicted octanol–water partition coefficient (Wildman–Crippen LogP) is 2.26. The number of amidine groups is 1. The zero-order chi connectivity index (χ0) is 14.5. The van der Waals surface area contributed by atoms with Gasteiger partial charge in [-0.15, -0.1) is 0 Å². The lowest BCUT2D eigenvalue weighted by Gasteiger charge is -2.05. The van der Waals surface area contributed by atoms with Crippen molar-refractivity contribution in [2.75, 3.05) is 0 Å². The molecule has 0 radical (unpaired) electrons. The normalized spacial score (nSPS) is 19.7. The lowest BCUT2D eigenvalue weighted by molar-refractivity contribution is -0.123. The Labute approximate surface area is 122 Å². The maximum absolute atomic E-state index is 11.8. The van der Waals surface area contributed by atoms with Crippen molar-refractivity contribution < 1.29 is 9.53 Å². The first-order valence-electron chi connectivity index (χ1n) is 6.51. The number of ether oxygens (including phenoxy) is 1. The maximum atomic E-state index is 11.8. The molecule has 1 aliphatic rings. The Bertz CT molecular complexity index is 681. The van der Waals surface area contributed by atoms with E-state index in [1.165, 1.54) is 0 Å². The summed E-state index contributed by atoms with van der Waals surface area (Å²) in [7, 11) is 0. The second-order valence-corrected chi connectivity index (χ2v) is 4.46. The monoisotopic (exact) mass is 279 g/mol. The van der Waals surface area contributed by atoms with Crippen LogP contribution in [0.5, 0.6) is 0 Å². The second kappa shape index (κ2) is 6.00. The van der Waals surface area contributed by atoms with Gasteiger partial charge in [0.15, 0.2) is 0 Å². The van der Waals surface area contributed by atoms with Crippen molar-refractivity contribution in [2.45, 2.75) is 6.10 Å². The first-order chi connectivity index (χ1) is 10.3. The number of nitrogens with zero attached hydrogens (tertiary/aromatic N) is 2. The van der Waals surface area contributed by atoms with Gasteiger partial charge in [-0.3, -0.25) is 10.1 Å². The minimum absolute atomic E-state index is 0.112. The smallest absolute Gasteiger partial charge is 0.316 e. The Morgan fingerprint density at radius 3 is 2.38 bits per heavy atom. The molecule has 1 aliphatic heterocycles. The van der Waals surface area contributed by atoms with Crippen LogP contribution in [0.25, 0.3) is 0 Å². The number of carbonyl (C=O) groups is 1. The van der Waals surface area contributed by atoms with E-state index in [-0.39, 0.29) is 11.9 Å². The molecule has 2 aromatic rings. The molecule has 0 saturated carbocycles. The van der Waals surface area contributed by atoms with Crippen molar-refractivity contribution in [2.24, 2.45) is 10.2 Å². The molecule has 2 aromatic carbocycles. The summed E-state index contributed by atoms with van der Waals surface area (Å²) in [6, 6.07) is 18.9. The quantitative estimate of drug-likeness (QED) is 0.692. The summed E-state index contributed by atoms with van der Waals surface area (Å²) in [5.74, 6) is -0.241. The number of carbonyl (C=O) groups excluding carboxylic acids is 1. The highest BCUT2D eigenvalue weighted by molar-refractivity contribution is 6.02. The van der Waals surface area contributed by atoms with E-state index in [0.717, 1.165) is 11.1 Å². The van der Waals surface area contributed by atoms with Crippen LogP contribution in [0, 0.1) is 0 Å². The van der Waals surface area contributed by atoms with Crippen molar-refractivity contribution in [3.8, 4) is 0 Å². The van der Waals surface area contributed by atoms with E-state index in [0.29, 0.717) is 0 Å². The molecule has 0 bridgehead atoms. The standard InChI is InChI=1S/C16H13N3O2/c20-15-14(13-9-5-2-6-10-13)21-16(18-15)19-17-11-12-7-3-1-4-8-12/h1-11,14H,(H,18,19,20). The summed E-state index contributed by atoms with van der Waals surface area (Å²) in [6.07, 6.45) is 0.926. The molecular weight excluding hydrogens is 266 g/mol. The molecule has 1 unspecified atom stereocenters. The van der Waals surface area contributed by atoms with Crippen molar-refractivity contribution in [1.82, 2.24) is 5.32 Å². The van der Waals surface area contributed by atoms with Crippen LogP contribution in [-0.4, -0.2) is 18.1 Å². The summed E-state index contributed by atoms with van der Waals surface area (Å²) < 4.78 is 5.47. The Kier molecular flexibility index (Phi) is 3.73. The minimum atomic E-state index is -0.670. The summed E-state index contributed by atoms with van der Waals surface area (Å²) in [5, 5.41) is 10.3. The summed E-state index contributed by atoms with van der Waals surface area (Å²) in [6.45, 7) is 0. The van der Waals surface area contributed by atoms with Crippen LogP contribution in [0.4, 0.5) is 0 Å². The van der Waals surface area contributed by atoms with Crippen molar-refractivity contribution in [3.05, 3.63) is 71.8 Å². The van der Waals surface area contributed by atoms with Gasteiger partial charge in [0, 0.05) is 5.56 Å². The van der Waals surface area contributed by atoms with E-state index in [1.807, 2.05) is 60.7 Å². The van der Waals surface area contributed by atoms with E-state index in [2.05, 4.69) is 15.5 Å². The van der Waals surface area contributed by atoms with Crippen LogP contribution in [0.3, 0.4) is 0 Å². The molecule has 104 valence electrons. The molecule has 1 atom stereocenters. The lowest BCUT2D eigenvalue weighted by atomic mass is 10.1. The molecule has 0 spiro atoms. The number of hydrogen-bond donors (Lipinski definition) is 1. The summed E-state index contributed by atoms with van der Waals surface area (Å²) in [5.41, 5.74) is 1.71. The van der Waals surface area contributed by atoms with Gasteiger partial charge in [-0.05, 0) is 5.56 Å². The molecular formula is C16H13N3O2. The maximum Gasteiger partial charge on any atom is 0.316 e. The third kappa shape index (κ3) is 3.14. The van der Waals surface area contributed by atoms with E-state index >= 15 is 0 Å². The predicted molar refractivity (Wildman–Crippen MR) is 79.9 cm³/mol. The van der Waals surface area contributed by atoms with Gasteiger partial charge in [0.25, 0.3) is 5.91 Å². The SMILES string of the molecule is O=C1N/C(=N\N=Cc2ccccc2)OC1c1ccccc1. The average Bonchev–Trinajstić information content (AvgIpc) is 2.90. The average molecular weight is 279 g/mol. The molecule has 21 heavy (non-hydrogen) atoms. The third-order valence-corrected chi connectivity index (χ3v) is 2.96. The van der Waals surface area contributed by atoms with Gasteiger partial charge in [0.05, 0.1) is 6.21 Å². The highest BCUT2D eigenvalue weighted by Gasteiger charge is 2.32. The molecule has 1 N–H and O–H groups in total. The van der Waals surface area contributed by atoms with Crippen molar-refractivity contribution in [1.29, 1.82) is 0 Å². The Morgan fingerprint density at radius 2 is 1.67 bits per heavy atom. The lowest BCUT2D eigenvalue weighted by Crippen LogP contribution is -2.21. The zero-order valence-electron chi connectivity index (χ0n) is 11.1. The fourth-order valence-corrected chi connectivity index (χ4v) is 1.95. The van der Waals surface area contributed by atoms with E-state index in [4.69, 9.17) is 4.74 Å². The first kappa shape index (κ1) is 13.1. The van der Waals surface area contributed by atoms with Gasteiger partial charge >= 0.3 is 6.02 Å². The number of amides is 1. The van der Waals surface area contributed by atoms with Crippen LogP contribution in [0.2, 0.25) is 0 Å². The van der Waals surface area contributed by atoms with E-state index in [9.17, 15) is 4.79 Å². The van der Waals surface area contributed by atoms with Gasteiger partial charge in [-0.2, -0.15) is 5.10 Å². The highest BCUT2D eigenvalue weighted by Crippen LogP contribution is 2.21. The largest absolute Gasteiger partial charge is 0.445 e. The topological polar surface area (TPSA) is 63.0 Å². The van der Waals surface area contributed by atoms with Gasteiger partial charge in [0.2, 0.25) is 6.10 Å². The van der Waals surface area contributed by atoms with Crippen molar-refractivity contribution in [3.63, 3.8) is 0 Å². The third-order valence-electron chi connectivity index (χ3n) is 2.96. The molecule has 1 saturated heterocycles. The van der Waals surface area contributed by atoms with E-state index < -0.39 is 6.10 Å². The number of hydrogen-bond acceptors (Lipinski definition) is 4. The number of rotatable bonds is 3. The molecule has 0 aromatic heterocycles. The fraction of sp³-hybridized carbons (Fsp3) is 0.0625. The van der Waals surface area contributed by atoms with Gasteiger partial charge < -0.3 is 4.74 Å². The van der Waals surface area contributed by atoms with Crippen LogP contribution < -0.4 is 5.32 Å². The molecule has 1 fully saturated rings. The van der Waals surface area contributed by atoms with Gasteiger partial charge in [-0.25, -0.2) is 0 Å². The van der Waals surface area contributed by atoms with Crippen LogP contribution in [0.15, 0.2) is 70.9 Å².